The van der Waals surface area contributed by atoms with Gasteiger partial charge in [-0.1, -0.05) is 30.3 Å². The second-order valence-electron chi connectivity index (χ2n) is 10.9. The van der Waals surface area contributed by atoms with E-state index < -0.39 is 0 Å². The van der Waals surface area contributed by atoms with E-state index in [1.807, 2.05) is 30.5 Å². The van der Waals surface area contributed by atoms with E-state index in [1.54, 1.807) is 11.3 Å². The Hall–Kier alpha value is -5.72. The molecule has 0 N–H and O–H groups in total. The number of fused-ring (bicyclic) bond motifs is 4. The molecule has 44 heavy (non-hydrogen) atoms. The van der Waals surface area contributed by atoms with Gasteiger partial charge in [-0.05, 0) is 91.0 Å². The summed E-state index contributed by atoms with van der Waals surface area (Å²) in [6.07, 6.45) is 10.1. The Balaban J connectivity index is 1.25. The van der Waals surface area contributed by atoms with Gasteiger partial charge < -0.3 is 13.7 Å². The zero-order valence-electron chi connectivity index (χ0n) is 23.6. The molecule has 0 saturated heterocycles. The van der Waals surface area contributed by atoms with Crippen LogP contribution in [0.4, 0.5) is 0 Å². The van der Waals surface area contributed by atoms with Gasteiger partial charge in [0.2, 0.25) is 0 Å². The third kappa shape index (κ3) is 4.07. The number of hydrogen-bond donors (Lipinski definition) is 0. The third-order valence-electron chi connectivity index (χ3n) is 8.24. The lowest BCUT2D eigenvalue weighted by Gasteiger charge is -2.11. The van der Waals surface area contributed by atoms with Crippen molar-refractivity contribution in [1.29, 1.82) is 0 Å². The highest BCUT2D eigenvalue weighted by Gasteiger charge is 2.17. The number of aromatic nitrogens is 5. The molecular weight excluding hydrogens is 559 g/mol. The molecular formula is C38H25N5S. The summed E-state index contributed by atoms with van der Waals surface area (Å²) >= 11 is 1.73. The molecule has 0 unspecified atom stereocenters. The minimum atomic E-state index is 0.958. The van der Waals surface area contributed by atoms with Gasteiger partial charge in [-0.2, -0.15) is 0 Å². The first-order valence-corrected chi connectivity index (χ1v) is 15.4. The first kappa shape index (κ1) is 24.8. The highest BCUT2D eigenvalue weighted by atomic mass is 32.1. The number of pyridine rings is 1. The Labute approximate surface area is 257 Å². The molecule has 0 amide bonds. The summed E-state index contributed by atoms with van der Waals surface area (Å²) in [5, 5.41) is 3.43. The van der Waals surface area contributed by atoms with Crippen LogP contribution in [0, 0.1) is 0 Å². The fraction of sp³-hybridized carbons (Fsp3) is 0. The zero-order chi connectivity index (χ0) is 29.0. The van der Waals surface area contributed by atoms with Crippen molar-refractivity contribution in [2.45, 2.75) is 0 Å². The average molecular weight is 584 g/mol. The van der Waals surface area contributed by atoms with E-state index in [9.17, 15) is 0 Å². The van der Waals surface area contributed by atoms with Gasteiger partial charge in [0.25, 0.3) is 0 Å². The molecule has 0 fully saturated rings. The van der Waals surface area contributed by atoms with Crippen LogP contribution in [0.1, 0.15) is 0 Å². The summed E-state index contributed by atoms with van der Waals surface area (Å²) in [5.74, 6) is 0. The highest BCUT2D eigenvalue weighted by Crippen LogP contribution is 2.38. The van der Waals surface area contributed by atoms with Crippen molar-refractivity contribution in [1.82, 2.24) is 23.7 Å². The van der Waals surface area contributed by atoms with Gasteiger partial charge in [0.1, 0.15) is 5.01 Å². The van der Waals surface area contributed by atoms with Crippen molar-refractivity contribution in [3.05, 3.63) is 152 Å². The lowest BCUT2D eigenvalue weighted by atomic mass is 10.1. The summed E-state index contributed by atoms with van der Waals surface area (Å²) < 4.78 is 7.82. The van der Waals surface area contributed by atoms with Crippen molar-refractivity contribution in [2.75, 3.05) is 0 Å². The molecule has 0 radical (unpaired) electrons. The molecule has 0 saturated carbocycles. The summed E-state index contributed by atoms with van der Waals surface area (Å²) in [5.41, 5.74) is 9.81. The van der Waals surface area contributed by atoms with Crippen LogP contribution in [-0.2, 0) is 0 Å². The summed E-state index contributed by atoms with van der Waals surface area (Å²) in [4.78, 5) is 9.72. The molecule has 0 aliphatic rings. The van der Waals surface area contributed by atoms with E-state index in [2.05, 4.69) is 141 Å². The quantitative estimate of drug-likeness (QED) is 0.202. The van der Waals surface area contributed by atoms with Crippen LogP contribution in [0.2, 0.25) is 0 Å². The number of nitrogens with zero attached hydrogens (tertiary/aromatic N) is 5. The van der Waals surface area contributed by atoms with E-state index >= 15 is 0 Å². The van der Waals surface area contributed by atoms with Gasteiger partial charge in [0.15, 0.2) is 0 Å². The molecule has 9 aromatic rings. The Kier molecular flexibility index (Phi) is 5.61. The van der Waals surface area contributed by atoms with Gasteiger partial charge in [0.05, 0.1) is 26.9 Å². The number of benzene rings is 4. The Morgan fingerprint density at radius 2 is 1.32 bits per heavy atom. The standard InChI is InChI=1S/C38H25N5S/c1-2-17-39-33(10-1)26-8-7-9-30(22-26)43-35-15-12-28(41-18-3-4-19-41)24-32(35)31-14-11-27(23-36(31)43)38-40-34-25-29(13-16-37(34)44-38)42-20-5-6-21-42/h1-25H. The van der Waals surface area contributed by atoms with E-state index in [0.29, 0.717) is 0 Å². The second kappa shape index (κ2) is 9.93. The zero-order valence-corrected chi connectivity index (χ0v) is 24.4. The Bertz CT molecular complexity index is 2430. The second-order valence-corrected chi connectivity index (χ2v) is 11.9. The molecule has 6 heteroatoms. The summed E-state index contributed by atoms with van der Waals surface area (Å²) in [6.45, 7) is 0. The molecule has 0 bridgehead atoms. The Morgan fingerprint density at radius 3 is 2.11 bits per heavy atom. The SMILES string of the molecule is c1ccc(-c2cccc(-n3c4ccc(-n5cccc5)cc4c4ccc(-c5nc6cc(-n7cccc7)ccc6s5)cc43)c2)nc1. The van der Waals surface area contributed by atoms with E-state index in [1.165, 1.54) is 15.5 Å². The topological polar surface area (TPSA) is 40.6 Å². The van der Waals surface area contributed by atoms with Gasteiger partial charge in [0, 0.05) is 69.9 Å². The smallest absolute Gasteiger partial charge is 0.124 e. The summed E-state index contributed by atoms with van der Waals surface area (Å²) in [6, 6.07) is 42.9. The molecule has 0 aliphatic heterocycles. The van der Waals surface area contributed by atoms with Crippen LogP contribution in [0.15, 0.2) is 152 Å². The van der Waals surface area contributed by atoms with Crippen molar-refractivity contribution in [2.24, 2.45) is 0 Å². The minimum Gasteiger partial charge on any atom is -0.324 e. The predicted molar refractivity (Wildman–Crippen MR) is 181 cm³/mol. The van der Waals surface area contributed by atoms with Gasteiger partial charge in [-0.15, -0.1) is 11.3 Å². The van der Waals surface area contributed by atoms with Crippen LogP contribution in [0.25, 0.3) is 70.9 Å². The lowest BCUT2D eigenvalue weighted by Crippen LogP contribution is -1.95. The van der Waals surface area contributed by atoms with Crippen molar-refractivity contribution >= 4 is 43.4 Å². The molecule has 9 rings (SSSR count). The monoisotopic (exact) mass is 583 g/mol. The average Bonchev–Trinajstić information content (AvgIpc) is 3.90. The normalized spacial score (nSPS) is 11.6. The maximum absolute atomic E-state index is 5.10. The van der Waals surface area contributed by atoms with Crippen LogP contribution in [-0.4, -0.2) is 23.7 Å². The maximum atomic E-state index is 5.10. The predicted octanol–water partition coefficient (Wildman–Crippen LogP) is 9.70. The van der Waals surface area contributed by atoms with Crippen molar-refractivity contribution in [3.63, 3.8) is 0 Å². The minimum absolute atomic E-state index is 0.958. The van der Waals surface area contributed by atoms with E-state index in [4.69, 9.17) is 4.98 Å². The van der Waals surface area contributed by atoms with Crippen molar-refractivity contribution in [3.8, 4) is 38.9 Å². The fourth-order valence-electron chi connectivity index (χ4n) is 6.13. The van der Waals surface area contributed by atoms with Crippen molar-refractivity contribution < 1.29 is 0 Å². The maximum Gasteiger partial charge on any atom is 0.124 e. The molecule has 5 heterocycles. The van der Waals surface area contributed by atoms with Gasteiger partial charge >= 0.3 is 0 Å². The van der Waals surface area contributed by atoms with Crippen LogP contribution in [0.5, 0.6) is 0 Å². The fourth-order valence-corrected chi connectivity index (χ4v) is 7.07. The molecule has 5 aromatic heterocycles. The van der Waals surface area contributed by atoms with Crippen LogP contribution < -0.4 is 0 Å². The van der Waals surface area contributed by atoms with Gasteiger partial charge in [-0.3, -0.25) is 4.98 Å². The molecule has 0 spiro atoms. The number of thiazole rings is 1. The summed E-state index contributed by atoms with van der Waals surface area (Å²) in [7, 11) is 0. The van der Waals surface area contributed by atoms with Gasteiger partial charge in [-0.25, -0.2) is 4.98 Å². The van der Waals surface area contributed by atoms with E-state index in [0.717, 1.165) is 55.4 Å². The van der Waals surface area contributed by atoms with E-state index in [-0.39, 0.29) is 0 Å². The molecule has 4 aromatic carbocycles. The number of hydrogen-bond acceptors (Lipinski definition) is 3. The molecule has 0 aliphatic carbocycles. The molecule has 5 nitrogen and oxygen atoms in total. The Morgan fingerprint density at radius 1 is 0.523 bits per heavy atom. The number of rotatable bonds is 5. The first-order chi connectivity index (χ1) is 21.8. The lowest BCUT2D eigenvalue weighted by molar-refractivity contribution is 1.08. The first-order valence-electron chi connectivity index (χ1n) is 14.6. The molecule has 208 valence electrons. The largest absolute Gasteiger partial charge is 0.324 e. The highest BCUT2D eigenvalue weighted by molar-refractivity contribution is 7.21. The molecule has 0 atom stereocenters. The third-order valence-corrected chi connectivity index (χ3v) is 9.32. The van der Waals surface area contributed by atoms with Crippen LogP contribution in [0.3, 0.4) is 0 Å². The van der Waals surface area contributed by atoms with Crippen LogP contribution >= 0.6 is 11.3 Å².